The SMILES string of the molecule is CC(=O)NNS(=O)(=O)O.[H-].[Na+]. The monoisotopic (exact) mass is 178 g/mol. The van der Waals surface area contributed by atoms with E-state index in [1.807, 2.05) is 0 Å². The molecule has 0 aromatic carbocycles. The van der Waals surface area contributed by atoms with Crippen LogP contribution in [0.5, 0.6) is 0 Å². The van der Waals surface area contributed by atoms with Gasteiger partial charge in [0, 0.05) is 6.92 Å². The predicted octanol–water partition coefficient (Wildman–Crippen LogP) is -4.45. The van der Waals surface area contributed by atoms with Gasteiger partial charge in [0.1, 0.15) is 0 Å². The Balaban J connectivity index is -0.000000320. The van der Waals surface area contributed by atoms with Crippen molar-refractivity contribution in [1.82, 2.24) is 10.3 Å². The van der Waals surface area contributed by atoms with E-state index in [1.54, 1.807) is 5.43 Å². The molecule has 0 rings (SSSR count). The fourth-order valence-electron chi connectivity index (χ4n) is 0.136. The van der Waals surface area contributed by atoms with Crippen LogP contribution in [-0.2, 0) is 15.1 Å². The van der Waals surface area contributed by atoms with Crippen LogP contribution < -0.4 is 39.8 Å². The zero-order valence-corrected chi connectivity index (χ0v) is 8.40. The van der Waals surface area contributed by atoms with Crippen molar-refractivity contribution in [2.45, 2.75) is 6.92 Å². The second-order valence-electron chi connectivity index (χ2n) is 1.26. The molecule has 0 heterocycles. The summed E-state index contributed by atoms with van der Waals surface area (Å²) in [5, 5.41) is 0. The number of carbonyl (C=O) groups is 1. The van der Waals surface area contributed by atoms with Crippen LogP contribution in [0.15, 0.2) is 0 Å². The Morgan fingerprint density at radius 2 is 2.00 bits per heavy atom. The van der Waals surface area contributed by atoms with Gasteiger partial charge >= 0.3 is 39.9 Å². The van der Waals surface area contributed by atoms with E-state index in [4.69, 9.17) is 4.55 Å². The van der Waals surface area contributed by atoms with Crippen molar-refractivity contribution < 1.29 is 48.7 Å². The maximum absolute atomic E-state index is 9.94. The summed E-state index contributed by atoms with van der Waals surface area (Å²) in [7, 11) is -4.30. The molecule has 0 saturated heterocycles. The van der Waals surface area contributed by atoms with Crippen LogP contribution in [0.4, 0.5) is 0 Å². The van der Waals surface area contributed by atoms with E-state index in [-0.39, 0.29) is 31.0 Å². The quantitative estimate of drug-likeness (QED) is 0.226. The zero-order chi connectivity index (χ0) is 7.49. The average molecular weight is 178 g/mol. The molecule has 0 spiro atoms. The molecule has 3 N–H and O–H groups in total. The third-order valence-electron chi connectivity index (χ3n) is 0.356. The standard InChI is InChI=1S/C2H6N2O4S.Na.H/c1-2(5)3-4-9(6,7)8;;/h4H,1H3,(H,3,5)(H,6,7,8);;/q;+1;-1. The Labute approximate surface area is 82.0 Å². The third kappa shape index (κ3) is 11.2. The fourth-order valence-corrected chi connectivity index (χ4v) is 0.409. The molecule has 10 heavy (non-hydrogen) atoms. The van der Waals surface area contributed by atoms with E-state index in [0.29, 0.717) is 0 Å². The Kier molecular flexibility index (Phi) is 6.55. The van der Waals surface area contributed by atoms with Crippen LogP contribution in [0.1, 0.15) is 8.35 Å². The van der Waals surface area contributed by atoms with Gasteiger partial charge in [-0.15, -0.1) is 4.83 Å². The Hall–Kier alpha value is 0.340. The minimum absolute atomic E-state index is 0. The molecular formula is C2H7N2NaO4S. The molecule has 0 aliphatic carbocycles. The van der Waals surface area contributed by atoms with Crippen LogP contribution in [0.25, 0.3) is 0 Å². The first-order chi connectivity index (χ1) is 3.92. The van der Waals surface area contributed by atoms with Crippen LogP contribution in [0.3, 0.4) is 0 Å². The molecule has 0 aliphatic rings. The van der Waals surface area contributed by atoms with Gasteiger partial charge in [0.2, 0.25) is 5.91 Å². The normalized spacial score (nSPS) is 9.80. The molecule has 0 unspecified atom stereocenters. The first-order valence-corrected chi connectivity index (χ1v) is 3.36. The molecule has 0 aromatic heterocycles. The minimum atomic E-state index is -4.30. The number of nitrogens with one attached hydrogen (secondary N) is 2. The van der Waals surface area contributed by atoms with Gasteiger partial charge in [0.15, 0.2) is 0 Å². The summed E-state index contributed by atoms with van der Waals surface area (Å²) in [5.41, 5.74) is 1.66. The molecule has 1 amide bonds. The fraction of sp³-hybridized carbons (Fsp3) is 0.500. The van der Waals surface area contributed by atoms with E-state index < -0.39 is 16.2 Å². The smallest absolute Gasteiger partial charge is 1.00 e. The molecule has 0 aromatic rings. The molecule has 56 valence electrons. The number of hydrogen-bond donors (Lipinski definition) is 3. The Morgan fingerprint density at radius 1 is 1.60 bits per heavy atom. The van der Waals surface area contributed by atoms with Gasteiger partial charge < -0.3 is 1.43 Å². The molecule has 0 atom stereocenters. The second-order valence-corrected chi connectivity index (χ2v) is 2.41. The summed E-state index contributed by atoms with van der Waals surface area (Å²) in [4.78, 5) is 11.3. The number of amides is 1. The van der Waals surface area contributed by atoms with Crippen molar-refractivity contribution in [3.8, 4) is 0 Å². The van der Waals surface area contributed by atoms with Crippen LogP contribution in [-0.4, -0.2) is 18.9 Å². The van der Waals surface area contributed by atoms with Gasteiger partial charge in [-0.2, -0.15) is 8.42 Å². The van der Waals surface area contributed by atoms with Crippen molar-refractivity contribution in [2.75, 3.05) is 0 Å². The molecule has 0 aliphatic heterocycles. The first-order valence-electron chi connectivity index (χ1n) is 1.92. The molecule has 0 radical (unpaired) electrons. The largest absolute Gasteiger partial charge is 1.00 e. The van der Waals surface area contributed by atoms with Crippen molar-refractivity contribution in [2.24, 2.45) is 0 Å². The average Bonchev–Trinajstić information content (AvgIpc) is 1.59. The third-order valence-corrected chi connectivity index (χ3v) is 0.716. The van der Waals surface area contributed by atoms with Gasteiger partial charge in [-0.05, 0) is 0 Å². The Morgan fingerprint density at radius 3 is 2.10 bits per heavy atom. The van der Waals surface area contributed by atoms with Gasteiger partial charge in [0.05, 0.1) is 0 Å². The van der Waals surface area contributed by atoms with Gasteiger partial charge in [-0.25, -0.2) is 0 Å². The van der Waals surface area contributed by atoms with E-state index in [1.165, 1.54) is 4.83 Å². The summed E-state index contributed by atoms with van der Waals surface area (Å²) in [5.74, 6) is -0.604. The zero-order valence-electron chi connectivity index (χ0n) is 6.58. The number of hydrazine groups is 1. The van der Waals surface area contributed by atoms with Crippen molar-refractivity contribution in [1.29, 1.82) is 0 Å². The van der Waals surface area contributed by atoms with Crippen LogP contribution in [0, 0.1) is 0 Å². The topological polar surface area (TPSA) is 95.5 Å². The van der Waals surface area contributed by atoms with E-state index in [0.717, 1.165) is 6.92 Å². The van der Waals surface area contributed by atoms with Crippen molar-refractivity contribution in [3.63, 3.8) is 0 Å². The maximum atomic E-state index is 9.94. The van der Waals surface area contributed by atoms with E-state index >= 15 is 0 Å². The first kappa shape index (κ1) is 13.0. The van der Waals surface area contributed by atoms with Crippen molar-refractivity contribution in [3.05, 3.63) is 0 Å². The summed E-state index contributed by atoms with van der Waals surface area (Å²) in [6, 6.07) is 0. The van der Waals surface area contributed by atoms with Crippen molar-refractivity contribution >= 4 is 16.2 Å². The Bertz CT molecular complexity index is 204. The molecular weight excluding hydrogens is 171 g/mol. The predicted molar refractivity (Wildman–Crippen MR) is 29.6 cm³/mol. The van der Waals surface area contributed by atoms with Crippen LogP contribution in [0.2, 0.25) is 0 Å². The van der Waals surface area contributed by atoms with Gasteiger partial charge in [0.25, 0.3) is 0 Å². The molecule has 6 nitrogen and oxygen atoms in total. The summed E-state index contributed by atoms with van der Waals surface area (Å²) in [6.45, 7) is 1.10. The van der Waals surface area contributed by atoms with E-state index in [2.05, 4.69) is 0 Å². The van der Waals surface area contributed by atoms with Crippen LogP contribution >= 0.6 is 0 Å². The minimum Gasteiger partial charge on any atom is -1.00 e. The second kappa shape index (κ2) is 5.05. The number of carbonyl (C=O) groups excluding carboxylic acids is 1. The number of rotatable bonds is 2. The summed E-state index contributed by atoms with van der Waals surface area (Å²) >= 11 is 0. The van der Waals surface area contributed by atoms with Gasteiger partial charge in [-0.1, -0.05) is 0 Å². The number of hydrogen-bond acceptors (Lipinski definition) is 3. The summed E-state index contributed by atoms with van der Waals surface area (Å²) < 4.78 is 27.4. The van der Waals surface area contributed by atoms with Gasteiger partial charge in [-0.3, -0.25) is 14.8 Å². The maximum Gasteiger partial charge on any atom is 1.00 e. The van der Waals surface area contributed by atoms with E-state index in [9.17, 15) is 13.2 Å². The summed E-state index contributed by atoms with van der Waals surface area (Å²) in [6.07, 6.45) is 0. The molecule has 8 heteroatoms. The molecule has 0 saturated carbocycles. The molecule has 0 fully saturated rings. The molecule has 0 bridgehead atoms.